The van der Waals surface area contributed by atoms with Gasteiger partial charge in [-0.05, 0) is 33.4 Å². The van der Waals surface area contributed by atoms with Gasteiger partial charge in [-0.2, -0.15) is 0 Å². The zero-order valence-electron chi connectivity index (χ0n) is 13.9. The second kappa shape index (κ2) is 7.12. The Labute approximate surface area is 139 Å². The lowest BCUT2D eigenvalue weighted by atomic mass is 9.87. The third-order valence-corrected chi connectivity index (χ3v) is 3.44. The zero-order valence-corrected chi connectivity index (χ0v) is 13.9. The Kier molecular flexibility index (Phi) is 5.18. The highest BCUT2D eigenvalue weighted by atomic mass is 16.6. The zero-order chi connectivity index (χ0) is 17.7. The van der Waals surface area contributed by atoms with Crippen molar-refractivity contribution < 1.29 is 14.2 Å². The first-order chi connectivity index (χ1) is 11.3. The molecule has 0 fully saturated rings. The van der Waals surface area contributed by atoms with Crippen molar-refractivity contribution >= 4 is 17.6 Å². The van der Waals surface area contributed by atoms with E-state index in [0.29, 0.717) is 5.56 Å². The number of rotatable bonds is 5. The van der Waals surface area contributed by atoms with Crippen molar-refractivity contribution in [3.05, 3.63) is 41.1 Å². The number of carbonyl (C=O) groups excluding carboxylic acids is 2. The molecule has 128 valence electrons. The number of nitrogens with two attached hydrogens (primary N) is 1. The summed E-state index contributed by atoms with van der Waals surface area (Å²) in [5.41, 5.74) is 7.11. The predicted molar refractivity (Wildman–Crippen MR) is 88.5 cm³/mol. The number of hydrogen-bond donors (Lipinski definition) is 3. The van der Waals surface area contributed by atoms with Gasteiger partial charge in [-0.3, -0.25) is 9.59 Å². The van der Waals surface area contributed by atoms with Gasteiger partial charge in [-0.1, -0.05) is 32.9 Å². The number of nitrogens with one attached hydrogen (secondary N) is 2. The molecule has 1 heterocycles. The third kappa shape index (κ3) is 4.31. The van der Waals surface area contributed by atoms with Crippen LogP contribution in [0.4, 0.5) is 5.82 Å². The van der Waals surface area contributed by atoms with Crippen LogP contribution >= 0.6 is 0 Å². The summed E-state index contributed by atoms with van der Waals surface area (Å²) in [6.07, 6.45) is 0. The van der Waals surface area contributed by atoms with Crippen molar-refractivity contribution in [1.29, 1.82) is 0 Å². The Bertz CT molecular complexity index is 716. The van der Waals surface area contributed by atoms with Crippen LogP contribution in [-0.4, -0.2) is 35.2 Å². The van der Waals surface area contributed by atoms with Crippen molar-refractivity contribution in [2.45, 2.75) is 26.2 Å². The maximum Gasteiger partial charge on any atom is 0.277 e. The first-order valence-corrected chi connectivity index (χ1v) is 7.54. The highest BCUT2D eigenvalue weighted by Gasteiger charge is 2.16. The highest BCUT2D eigenvalue weighted by molar-refractivity contribution is 5.96. The van der Waals surface area contributed by atoms with E-state index in [2.05, 4.69) is 46.3 Å². The minimum Gasteiger partial charge on any atom is -0.379 e. The molecule has 1 aromatic carbocycles. The third-order valence-electron chi connectivity index (χ3n) is 3.44. The lowest BCUT2D eigenvalue weighted by Crippen LogP contribution is -2.35. The van der Waals surface area contributed by atoms with Crippen molar-refractivity contribution in [3.63, 3.8) is 0 Å². The van der Waals surface area contributed by atoms with E-state index in [1.165, 1.54) is 0 Å². The van der Waals surface area contributed by atoms with Crippen LogP contribution < -0.4 is 16.4 Å². The van der Waals surface area contributed by atoms with Crippen LogP contribution in [0.15, 0.2) is 28.9 Å². The van der Waals surface area contributed by atoms with E-state index >= 15 is 0 Å². The quantitative estimate of drug-likeness (QED) is 0.705. The van der Waals surface area contributed by atoms with Gasteiger partial charge in [0.15, 0.2) is 0 Å². The van der Waals surface area contributed by atoms with Gasteiger partial charge in [0.1, 0.15) is 0 Å². The number of benzene rings is 1. The fraction of sp³-hybridized carbons (Fsp3) is 0.375. The molecule has 2 amide bonds. The Morgan fingerprint density at radius 3 is 2.12 bits per heavy atom. The normalized spacial score (nSPS) is 11.1. The van der Waals surface area contributed by atoms with Crippen LogP contribution in [0, 0.1) is 0 Å². The van der Waals surface area contributed by atoms with E-state index in [-0.39, 0.29) is 35.9 Å². The Balaban J connectivity index is 1.79. The summed E-state index contributed by atoms with van der Waals surface area (Å²) < 4.78 is 4.35. The van der Waals surface area contributed by atoms with Crippen LogP contribution in [0.2, 0.25) is 0 Å². The Morgan fingerprint density at radius 1 is 1.04 bits per heavy atom. The first-order valence-electron chi connectivity index (χ1n) is 7.54. The fourth-order valence-electron chi connectivity index (χ4n) is 2.01. The number of nitrogens with zero attached hydrogens (tertiary/aromatic N) is 2. The maximum atomic E-state index is 12.1. The van der Waals surface area contributed by atoms with Crippen molar-refractivity contribution in [2.24, 2.45) is 0 Å². The van der Waals surface area contributed by atoms with Gasteiger partial charge in [0, 0.05) is 18.7 Å². The molecule has 0 aliphatic heterocycles. The van der Waals surface area contributed by atoms with Gasteiger partial charge >= 0.3 is 0 Å². The molecular formula is C16H21N5O3. The Hall–Kier alpha value is -2.90. The van der Waals surface area contributed by atoms with Gasteiger partial charge in [-0.15, -0.1) is 0 Å². The molecule has 24 heavy (non-hydrogen) atoms. The van der Waals surface area contributed by atoms with Crippen LogP contribution in [0.3, 0.4) is 0 Å². The van der Waals surface area contributed by atoms with Gasteiger partial charge in [0.25, 0.3) is 11.8 Å². The lowest BCUT2D eigenvalue weighted by molar-refractivity contribution is 0.0922. The van der Waals surface area contributed by atoms with Crippen molar-refractivity contribution in [3.8, 4) is 0 Å². The number of carbonyl (C=O) groups is 2. The van der Waals surface area contributed by atoms with Gasteiger partial charge < -0.3 is 16.4 Å². The molecule has 0 unspecified atom stereocenters. The standard InChI is InChI=1S/C16H21N5O3/c1-16(2,3)11-6-4-10(5-7-11)14(22)18-8-9-19-15(23)12-13(17)21-24-20-12/h4-7H,8-9H2,1-3H3,(H2,17,21)(H,18,22)(H,19,23). The molecule has 0 aliphatic carbocycles. The Morgan fingerprint density at radius 2 is 1.62 bits per heavy atom. The summed E-state index contributed by atoms with van der Waals surface area (Å²) in [6.45, 7) is 6.85. The van der Waals surface area contributed by atoms with E-state index < -0.39 is 5.91 Å². The number of hydrogen-bond acceptors (Lipinski definition) is 6. The molecule has 0 spiro atoms. The number of amides is 2. The second-order valence-electron chi connectivity index (χ2n) is 6.34. The molecular weight excluding hydrogens is 310 g/mol. The molecule has 8 nitrogen and oxygen atoms in total. The summed E-state index contributed by atoms with van der Waals surface area (Å²) in [4.78, 5) is 23.8. The summed E-state index contributed by atoms with van der Waals surface area (Å²) in [6, 6.07) is 7.46. The van der Waals surface area contributed by atoms with Crippen LogP contribution in [0.1, 0.15) is 47.2 Å². The molecule has 2 rings (SSSR count). The molecule has 8 heteroatoms. The lowest BCUT2D eigenvalue weighted by Gasteiger charge is -2.19. The molecule has 0 atom stereocenters. The second-order valence-corrected chi connectivity index (χ2v) is 6.34. The summed E-state index contributed by atoms with van der Waals surface area (Å²) in [5.74, 6) is -0.777. The SMILES string of the molecule is CC(C)(C)c1ccc(C(=O)NCCNC(=O)c2nonc2N)cc1. The van der Waals surface area contributed by atoms with Gasteiger partial charge in [0.05, 0.1) is 0 Å². The summed E-state index contributed by atoms with van der Waals surface area (Å²) in [5, 5.41) is 12.0. The summed E-state index contributed by atoms with van der Waals surface area (Å²) in [7, 11) is 0. The van der Waals surface area contributed by atoms with Gasteiger partial charge in [-0.25, -0.2) is 4.63 Å². The van der Waals surface area contributed by atoms with Crippen LogP contribution in [-0.2, 0) is 5.41 Å². The molecule has 2 aromatic rings. The molecule has 1 aromatic heterocycles. The number of aromatic nitrogens is 2. The molecule has 4 N–H and O–H groups in total. The molecule has 0 aliphatic rings. The maximum absolute atomic E-state index is 12.1. The van der Waals surface area contributed by atoms with Crippen molar-refractivity contribution in [1.82, 2.24) is 20.9 Å². The first kappa shape index (κ1) is 17.5. The van der Waals surface area contributed by atoms with Gasteiger partial charge in [0.2, 0.25) is 11.5 Å². The highest BCUT2D eigenvalue weighted by Crippen LogP contribution is 2.22. The number of nitrogen functional groups attached to an aromatic ring is 1. The predicted octanol–water partition coefficient (Wildman–Crippen LogP) is 1.11. The summed E-state index contributed by atoms with van der Waals surface area (Å²) >= 11 is 0. The largest absolute Gasteiger partial charge is 0.379 e. The van der Waals surface area contributed by atoms with Crippen LogP contribution in [0.25, 0.3) is 0 Å². The molecule has 0 saturated heterocycles. The minimum atomic E-state index is -0.502. The smallest absolute Gasteiger partial charge is 0.277 e. The molecule has 0 radical (unpaired) electrons. The van der Waals surface area contributed by atoms with E-state index in [4.69, 9.17) is 5.73 Å². The average molecular weight is 331 g/mol. The topological polar surface area (TPSA) is 123 Å². The van der Waals surface area contributed by atoms with E-state index in [0.717, 1.165) is 5.56 Å². The molecule has 0 saturated carbocycles. The number of anilines is 1. The van der Waals surface area contributed by atoms with Crippen LogP contribution in [0.5, 0.6) is 0 Å². The van der Waals surface area contributed by atoms with E-state index in [1.54, 1.807) is 12.1 Å². The van der Waals surface area contributed by atoms with Crippen molar-refractivity contribution in [2.75, 3.05) is 18.8 Å². The molecule has 0 bridgehead atoms. The monoisotopic (exact) mass is 331 g/mol. The van der Waals surface area contributed by atoms with E-state index in [1.807, 2.05) is 12.1 Å². The fourth-order valence-corrected chi connectivity index (χ4v) is 2.01. The van der Waals surface area contributed by atoms with E-state index in [9.17, 15) is 9.59 Å². The average Bonchev–Trinajstić information content (AvgIpc) is 2.96. The minimum absolute atomic E-state index is 0.0388.